The Morgan fingerprint density at radius 2 is 1.93 bits per heavy atom. The average Bonchev–Trinajstić information content (AvgIpc) is 2.90. The standard InChI is InChI=1S/C21H27NO5S2/c1-15(14-29(23,24)27-19-9-7-18(25-3)8-10-19)11-22-17-12-26-20-6-4-5-16(2)21(20)28-13-17/h4-10,15,17,22H,11-14H2,1-3H3. The van der Waals surface area contributed by atoms with E-state index in [1.165, 1.54) is 10.5 Å². The first kappa shape index (κ1) is 21.8. The molecule has 0 saturated carbocycles. The van der Waals surface area contributed by atoms with Crippen molar-refractivity contribution in [3.63, 3.8) is 0 Å². The smallest absolute Gasteiger partial charge is 0.309 e. The van der Waals surface area contributed by atoms with Crippen LogP contribution in [0.1, 0.15) is 12.5 Å². The molecular weight excluding hydrogens is 410 g/mol. The monoisotopic (exact) mass is 437 g/mol. The molecule has 2 unspecified atom stereocenters. The summed E-state index contributed by atoms with van der Waals surface area (Å²) in [6.45, 7) is 5.10. The molecule has 1 heterocycles. The maximum absolute atomic E-state index is 12.3. The van der Waals surface area contributed by atoms with Crippen LogP contribution in [0.4, 0.5) is 0 Å². The van der Waals surface area contributed by atoms with E-state index in [1.54, 1.807) is 43.1 Å². The Balaban J connectivity index is 1.47. The number of aryl methyl sites for hydroxylation is 1. The number of rotatable bonds is 8. The molecule has 0 spiro atoms. The molecule has 2 aromatic rings. The predicted molar refractivity (Wildman–Crippen MR) is 116 cm³/mol. The Hall–Kier alpha value is -1.90. The van der Waals surface area contributed by atoms with Crippen molar-refractivity contribution in [1.82, 2.24) is 5.32 Å². The molecule has 3 rings (SSSR count). The van der Waals surface area contributed by atoms with Crippen LogP contribution < -0.4 is 19.0 Å². The Morgan fingerprint density at radius 3 is 2.66 bits per heavy atom. The quantitative estimate of drug-likeness (QED) is 0.634. The summed E-state index contributed by atoms with van der Waals surface area (Å²) < 4.78 is 40.9. The second-order valence-electron chi connectivity index (χ2n) is 7.22. The zero-order valence-electron chi connectivity index (χ0n) is 16.9. The summed E-state index contributed by atoms with van der Waals surface area (Å²) in [5.74, 6) is 2.56. The maximum Gasteiger partial charge on any atom is 0.309 e. The third-order valence-corrected chi connectivity index (χ3v) is 7.38. The number of ether oxygens (including phenoxy) is 2. The zero-order valence-corrected chi connectivity index (χ0v) is 18.5. The third-order valence-electron chi connectivity index (χ3n) is 4.57. The van der Waals surface area contributed by atoms with Gasteiger partial charge in [0.1, 0.15) is 23.9 Å². The van der Waals surface area contributed by atoms with Crippen LogP contribution >= 0.6 is 11.8 Å². The third kappa shape index (κ3) is 6.29. The highest BCUT2D eigenvalue weighted by atomic mass is 32.2. The number of nitrogens with one attached hydrogen (secondary N) is 1. The molecule has 0 radical (unpaired) electrons. The normalized spacial score (nSPS) is 17.6. The molecular formula is C21H27NO5S2. The summed E-state index contributed by atoms with van der Waals surface area (Å²) >= 11 is 1.77. The van der Waals surface area contributed by atoms with Crippen LogP contribution in [-0.2, 0) is 10.1 Å². The molecule has 0 fully saturated rings. The fourth-order valence-corrected chi connectivity index (χ4v) is 5.49. The summed E-state index contributed by atoms with van der Waals surface area (Å²) in [6, 6.07) is 12.7. The Labute approximate surface area is 177 Å². The van der Waals surface area contributed by atoms with Crippen molar-refractivity contribution in [2.45, 2.75) is 24.8 Å². The van der Waals surface area contributed by atoms with E-state index in [0.29, 0.717) is 18.9 Å². The first-order valence-electron chi connectivity index (χ1n) is 9.51. The number of thioether (sulfide) groups is 1. The van der Waals surface area contributed by atoms with Crippen LogP contribution in [0.25, 0.3) is 0 Å². The molecule has 2 atom stereocenters. The highest BCUT2D eigenvalue weighted by Crippen LogP contribution is 2.35. The molecule has 8 heteroatoms. The van der Waals surface area contributed by atoms with Crippen molar-refractivity contribution in [3.05, 3.63) is 48.0 Å². The zero-order chi connectivity index (χ0) is 20.9. The highest BCUT2D eigenvalue weighted by Gasteiger charge is 2.22. The van der Waals surface area contributed by atoms with Gasteiger partial charge in [0, 0.05) is 5.75 Å². The van der Waals surface area contributed by atoms with Gasteiger partial charge in [-0.05, 0) is 55.3 Å². The molecule has 0 aromatic heterocycles. The van der Waals surface area contributed by atoms with Gasteiger partial charge in [0.15, 0.2) is 0 Å². The SMILES string of the molecule is COc1ccc(OS(=O)(=O)CC(C)CNC2COc3cccc(C)c3SC2)cc1. The lowest BCUT2D eigenvalue weighted by molar-refractivity contribution is 0.269. The largest absolute Gasteiger partial charge is 0.497 e. The van der Waals surface area contributed by atoms with Crippen LogP contribution in [0.15, 0.2) is 47.4 Å². The summed E-state index contributed by atoms with van der Waals surface area (Å²) in [5.41, 5.74) is 1.21. The average molecular weight is 438 g/mol. The van der Waals surface area contributed by atoms with Gasteiger partial charge < -0.3 is 19.0 Å². The summed E-state index contributed by atoms with van der Waals surface area (Å²) in [6.07, 6.45) is 0. The van der Waals surface area contributed by atoms with E-state index < -0.39 is 10.1 Å². The van der Waals surface area contributed by atoms with Crippen molar-refractivity contribution in [3.8, 4) is 17.2 Å². The van der Waals surface area contributed by atoms with Crippen LogP contribution in [0.3, 0.4) is 0 Å². The molecule has 1 aliphatic rings. The van der Waals surface area contributed by atoms with Gasteiger partial charge in [-0.25, -0.2) is 0 Å². The van der Waals surface area contributed by atoms with Crippen LogP contribution in [-0.4, -0.2) is 46.2 Å². The molecule has 2 aromatic carbocycles. The van der Waals surface area contributed by atoms with Crippen molar-refractivity contribution < 1.29 is 22.1 Å². The van der Waals surface area contributed by atoms with Crippen LogP contribution in [0, 0.1) is 12.8 Å². The Morgan fingerprint density at radius 1 is 1.21 bits per heavy atom. The minimum absolute atomic E-state index is 0.0634. The van der Waals surface area contributed by atoms with Crippen molar-refractivity contribution in [1.29, 1.82) is 0 Å². The minimum Gasteiger partial charge on any atom is -0.497 e. The molecule has 158 valence electrons. The van der Waals surface area contributed by atoms with Gasteiger partial charge in [-0.3, -0.25) is 0 Å². The first-order chi connectivity index (χ1) is 13.9. The van der Waals surface area contributed by atoms with Gasteiger partial charge in [-0.15, -0.1) is 11.8 Å². The van der Waals surface area contributed by atoms with Gasteiger partial charge >= 0.3 is 10.1 Å². The lowest BCUT2D eigenvalue weighted by atomic mass is 10.2. The van der Waals surface area contributed by atoms with E-state index in [9.17, 15) is 8.42 Å². The van der Waals surface area contributed by atoms with E-state index in [1.807, 2.05) is 19.1 Å². The molecule has 1 N–H and O–H groups in total. The number of benzene rings is 2. The number of hydrogen-bond acceptors (Lipinski definition) is 7. The molecule has 0 bridgehead atoms. The molecule has 0 aliphatic carbocycles. The van der Waals surface area contributed by atoms with E-state index in [4.69, 9.17) is 13.7 Å². The molecule has 0 amide bonds. The van der Waals surface area contributed by atoms with Crippen LogP contribution in [0.2, 0.25) is 0 Å². The van der Waals surface area contributed by atoms with E-state index in [-0.39, 0.29) is 23.5 Å². The number of methoxy groups -OCH3 is 1. The van der Waals surface area contributed by atoms with Crippen molar-refractivity contribution >= 4 is 21.9 Å². The van der Waals surface area contributed by atoms with Gasteiger partial charge in [0.2, 0.25) is 0 Å². The Kier molecular flexibility index (Phi) is 7.32. The summed E-state index contributed by atoms with van der Waals surface area (Å²) in [5, 5.41) is 3.43. The van der Waals surface area contributed by atoms with Crippen molar-refractivity contribution in [2.24, 2.45) is 5.92 Å². The minimum atomic E-state index is -3.68. The summed E-state index contributed by atoms with van der Waals surface area (Å²) in [7, 11) is -2.13. The van der Waals surface area contributed by atoms with Gasteiger partial charge in [-0.2, -0.15) is 8.42 Å². The van der Waals surface area contributed by atoms with Gasteiger partial charge in [-0.1, -0.05) is 19.1 Å². The van der Waals surface area contributed by atoms with E-state index in [0.717, 1.165) is 11.5 Å². The van der Waals surface area contributed by atoms with Gasteiger partial charge in [0.05, 0.1) is 23.8 Å². The lowest BCUT2D eigenvalue weighted by Crippen LogP contribution is -2.40. The Bertz CT molecular complexity index is 915. The van der Waals surface area contributed by atoms with Crippen LogP contribution in [0.5, 0.6) is 17.2 Å². The lowest BCUT2D eigenvalue weighted by Gasteiger charge is -2.19. The number of hydrogen-bond donors (Lipinski definition) is 1. The second-order valence-corrected chi connectivity index (χ2v) is 9.86. The van der Waals surface area contributed by atoms with E-state index >= 15 is 0 Å². The van der Waals surface area contributed by atoms with E-state index in [2.05, 4.69) is 18.3 Å². The molecule has 0 saturated heterocycles. The van der Waals surface area contributed by atoms with Gasteiger partial charge in [0.25, 0.3) is 0 Å². The molecule has 29 heavy (non-hydrogen) atoms. The first-order valence-corrected chi connectivity index (χ1v) is 12.1. The number of fused-ring (bicyclic) bond motifs is 1. The topological polar surface area (TPSA) is 73.9 Å². The predicted octanol–water partition coefficient (Wildman–Crippen LogP) is 3.49. The molecule has 6 nitrogen and oxygen atoms in total. The highest BCUT2D eigenvalue weighted by molar-refractivity contribution is 7.99. The van der Waals surface area contributed by atoms with Crippen molar-refractivity contribution in [2.75, 3.05) is 31.8 Å². The molecule has 1 aliphatic heterocycles. The second kappa shape index (κ2) is 9.73. The fraction of sp³-hybridized carbons (Fsp3) is 0.429. The maximum atomic E-state index is 12.3. The summed E-state index contributed by atoms with van der Waals surface area (Å²) in [4.78, 5) is 1.18. The fourth-order valence-electron chi connectivity index (χ4n) is 3.05.